The maximum Gasteiger partial charge on any atom is 0.118 e. The second-order valence-electron chi connectivity index (χ2n) is 5.06. The van der Waals surface area contributed by atoms with Crippen molar-refractivity contribution >= 4 is 0 Å². The van der Waals surface area contributed by atoms with E-state index in [4.69, 9.17) is 4.74 Å². The fraction of sp³-hybridized carbons (Fsp3) is 0.438. The van der Waals surface area contributed by atoms with Crippen molar-refractivity contribution in [1.29, 1.82) is 0 Å². The van der Waals surface area contributed by atoms with Crippen molar-refractivity contribution in [3.05, 3.63) is 47.3 Å². The number of methoxy groups -OCH3 is 1. The minimum Gasteiger partial charge on any atom is -0.497 e. The van der Waals surface area contributed by atoms with Crippen LogP contribution in [0.15, 0.2) is 30.3 Å². The third-order valence-electron chi connectivity index (χ3n) is 3.62. The van der Waals surface area contributed by atoms with Crippen LogP contribution in [0.3, 0.4) is 0 Å². The Labute approximate surface area is 120 Å². The Bertz CT molecular complexity index is 545. The zero-order valence-electron chi connectivity index (χ0n) is 12.7. The van der Waals surface area contributed by atoms with Gasteiger partial charge in [-0.05, 0) is 50.6 Å². The van der Waals surface area contributed by atoms with E-state index in [0.29, 0.717) is 6.04 Å². The van der Waals surface area contributed by atoms with Crippen LogP contribution in [0, 0.1) is 6.92 Å². The van der Waals surface area contributed by atoms with Crippen LogP contribution in [0.1, 0.15) is 29.4 Å². The summed E-state index contributed by atoms with van der Waals surface area (Å²) in [6, 6.07) is 10.7. The van der Waals surface area contributed by atoms with Crippen molar-refractivity contribution in [2.75, 3.05) is 14.2 Å². The second-order valence-corrected chi connectivity index (χ2v) is 5.06. The van der Waals surface area contributed by atoms with Crippen molar-refractivity contribution in [3.63, 3.8) is 0 Å². The lowest BCUT2D eigenvalue weighted by Gasteiger charge is -2.16. The highest BCUT2D eigenvalue weighted by Gasteiger charge is 2.14. The largest absolute Gasteiger partial charge is 0.497 e. The standard InChI is InChI=1S/C16H23N3O/c1-12-11-16(19(3)18-12)15(17-2)10-7-13-5-8-14(20-4)9-6-13/h5-6,8-9,11,15,17H,7,10H2,1-4H3. The van der Waals surface area contributed by atoms with Crippen LogP contribution in [-0.2, 0) is 13.5 Å². The molecule has 0 aliphatic heterocycles. The fourth-order valence-electron chi connectivity index (χ4n) is 2.50. The molecule has 108 valence electrons. The number of benzene rings is 1. The Balaban J connectivity index is 2.01. The monoisotopic (exact) mass is 273 g/mol. The first-order chi connectivity index (χ1) is 9.63. The topological polar surface area (TPSA) is 39.1 Å². The smallest absolute Gasteiger partial charge is 0.118 e. The number of ether oxygens (including phenoxy) is 1. The van der Waals surface area contributed by atoms with E-state index in [9.17, 15) is 0 Å². The van der Waals surface area contributed by atoms with Gasteiger partial charge >= 0.3 is 0 Å². The van der Waals surface area contributed by atoms with Gasteiger partial charge in [0.2, 0.25) is 0 Å². The number of rotatable bonds is 6. The Hall–Kier alpha value is -1.81. The lowest BCUT2D eigenvalue weighted by atomic mass is 10.0. The molecule has 1 aromatic heterocycles. The molecule has 1 atom stereocenters. The molecule has 0 aliphatic carbocycles. The van der Waals surface area contributed by atoms with Crippen LogP contribution < -0.4 is 10.1 Å². The zero-order chi connectivity index (χ0) is 14.5. The molecule has 1 aromatic carbocycles. The van der Waals surface area contributed by atoms with Gasteiger partial charge in [-0.15, -0.1) is 0 Å². The van der Waals surface area contributed by atoms with Crippen LogP contribution >= 0.6 is 0 Å². The second kappa shape index (κ2) is 6.57. The van der Waals surface area contributed by atoms with Gasteiger partial charge in [0.1, 0.15) is 5.75 Å². The summed E-state index contributed by atoms with van der Waals surface area (Å²) in [6.07, 6.45) is 2.07. The van der Waals surface area contributed by atoms with Crippen molar-refractivity contribution in [1.82, 2.24) is 15.1 Å². The zero-order valence-corrected chi connectivity index (χ0v) is 12.7. The maximum atomic E-state index is 5.18. The highest BCUT2D eigenvalue weighted by Crippen LogP contribution is 2.20. The Morgan fingerprint density at radius 2 is 2.00 bits per heavy atom. The average Bonchev–Trinajstić information content (AvgIpc) is 2.79. The van der Waals surface area contributed by atoms with Gasteiger partial charge in [0.15, 0.2) is 0 Å². The van der Waals surface area contributed by atoms with Crippen LogP contribution in [-0.4, -0.2) is 23.9 Å². The van der Waals surface area contributed by atoms with Crippen LogP contribution in [0.4, 0.5) is 0 Å². The molecule has 0 amide bonds. The van der Waals surface area contributed by atoms with E-state index in [2.05, 4.69) is 28.6 Å². The van der Waals surface area contributed by atoms with E-state index in [1.165, 1.54) is 11.3 Å². The first kappa shape index (κ1) is 14.6. The third kappa shape index (κ3) is 3.39. The molecule has 1 N–H and O–H groups in total. The predicted octanol–water partition coefficient (Wildman–Crippen LogP) is 2.63. The van der Waals surface area contributed by atoms with Gasteiger partial charge in [-0.2, -0.15) is 5.10 Å². The van der Waals surface area contributed by atoms with Gasteiger partial charge in [0.25, 0.3) is 0 Å². The highest BCUT2D eigenvalue weighted by atomic mass is 16.5. The lowest BCUT2D eigenvalue weighted by Crippen LogP contribution is -2.20. The number of hydrogen-bond donors (Lipinski definition) is 1. The van der Waals surface area contributed by atoms with E-state index in [-0.39, 0.29) is 0 Å². The van der Waals surface area contributed by atoms with Crippen molar-refractivity contribution in [3.8, 4) is 5.75 Å². The molecule has 0 saturated carbocycles. The number of aromatic nitrogens is 2. The first-order valence-electron chi connectivity index (χ1n) is 6.94. The number of nitrogens with zero attached hydrogens (tertiary/aromatic N) is 2. The molecule has 2 aromatic rings. The minimum atomic E-state index is 0.323. The molecule has 1 heterocycles. The SMILES string of the molecule is CNC(CCc1ccc(OC)cc1)c1cc(C)nn1C. The minimum absolute atomic E-state index is 0.323. The predicted molar refractivity (Wildman–Crippen MR) is 81.1 cm³/mol. The Morgan fingerprint density at radius 3 is 2.50 bits per heavy atom. The number of hydrogen-bond acceptors (Lipinski definition) is 3. The van der Waals surface area contributed by atoms with Gasteiger partial charge in [-0.1, -0.05) is 12.1 Å². The molecule has 0 bridgehead atoms. The molecule has 4 nitrogen and oxygen atoms in total. The van der Waals surface area contributed by atoms with Crippen LogP contribution in [0.2, 0.25) is 0 Å². The van der Waals surface area contributed by atoms with Gasteiger partial charge < -0.3 is 10.1 Å². The normalized spacial score (nSPS) is 12.4. The maximum absolute atomic E-state index is 5.18. The van der Waals surface area contributed by atoms with Gasteiger partial charge in [0.05, 0.1) is 18.5 Å². The molecule has 20 heavy (non-hydrogen) atoms. The molecular formula is C16H23N3O. The molecule has 0 fully saturated rings. The summed E-state index contributed by atoms with van der Waals surface area (Å²) in [7, 11) is 5.69. The van der Waals surface area contributed by atoms with Crippen LogP contribution in [0.25, 0.3) is 0 Å². The summed E-state index contributed by atoms with van der Waals surface area (Å²) in [5, 5.41) is 7.80. The quantitative estimate of drug-likeness (QED) is 0.879. The molecule has 0 aliphatic rings. The summed E-state index contributed by atoms with van der Waals surface area (Å²) >= 11 is 0. The molecule has 4 heteroatoms. The van der Waals surface area contributed by atoms with Crippen molar-refractivity contribution in [2.45, 2.75) is 25.8 Å². The Morgan fingerprint density at radius 1 is 1.30 bits per heavy atom. The molecule has 1 unspecified atom stereocenters. The Kier molecular flexibility index (Phi) is 4.79. The summed E-state index contributed by atoms with van der Waals surface area (Å²) in [4.78, 5) is 0. The molecule has 0 saturated heterocycles. The van der Waals surface area contributed by atoms with Crippen LogP contribution in [0.5, 0.6) is 5.75 Å². The molecular weight excluding hydrogens is 250 g/mol. The average molecular weight is 273 g/mol. The van der Waals surface area contributed by atoms with E-state index in [0.717, 1.165) is 24.3 Å². The molecule has 0 spiro atoms. The third-order valence-corrected chi connectivity index (χ3v) is 3.62. The highest BCUT2D eigenvalue weighted by molar-refractivity contribution is 5.27. The fourth-order valence-corrected chi connectivity index (χ4v) is 2.50. The summed E-state index contributed by atoms with van der Waals surface area (Å²) < 4.78 is 7.14. The summed E-state index contributed by atoms with van der Waals surface area (Å²) in [5.74, 6) is 0.904. The summed E-state index contributed by atoms with van der Waals surface area (Å²) in [5.41, 5.74) is 3.62. The number of aryl methyl sites for hydroxylation is 3. The molecule has 2 rings (SSSR count). The van der Waals surface area contributed by atoms with E-state index < -0.39 is 0 Å². The van der Waals surface area contributed by atoms with Crippen molar-refractivity contribution in [2.24, 2.45) is 7.05 Å². The lowest BCUT2D eigenvalue weighted by molar-refractivity contribution is 0.414. The van der Waals surface area contributed by atoms with E-state index in [1.54, 1.807) is 7.11 Å². The van der Waals surface area contributed by atoms with E-state index in [1.807, 2.05) is 37.8 Å². The van der Waals surface area contributed by atoms with Gasteiger partial charge in [0, 0.05) is 13.1 Å². The first-order valence-corrected chi connectivity index (χ1v) is 6.94. The van der Waals surface area contributed by atoms with E-state index >= 15 is 0 Å². The van der Waals surface area contributed by atoms with Gasteiger partial charge in [-0.25, -0.2) is 0 Å². The summed E-state index contributed by atoms with van der Waals surface area (Å²) in [6.45, 7) is 2.03. The number of nitrogens with one attached hydrogen (secondary N) is 1. The van der Waals surface area contributed by atoms with Gasteiger partial charge in [-0.3, -0.25) is 4.68 Å². The molecule has 0 radical (unpaired) electrons. The van der Waals surface area contributed by atoms with Crippen molar-refractivity contribution < 1.29 is 4.74 Å².